The Morgan fingerprint density at radius 2 is 2.18 bits per heavy atom. The number of aryl methyl sites for hydroxylation is 1. The van der Waals surface area contributed by atoms with E-state index in [1.807, 2.05) is 19.1 Å². The van der Waals surface area contributed by atoms with E-state index in [0.29, 0.717) is 10.7 Å². The van der Waals surface area contributed by atoms with Crippen LogP contribution in [0.25, 0.3) is 0 Å². The van der Waals surface area contributed by atoms with Gasteiger partial charge >= 0.3 is 0 Å². The van der Waals surface area contributed by atoms with Crippen LogP contribution in [-0.2, 0) is 6.54 Å². The molecular formula is C13H15ClN2S. The van der Waals surface area contributed by atoms with Gasteiger partial charge < -0.3 is 10.6 Å². The highest BCUT2D eigenvalue weighted by Gasteiger charge is 2.09. The first-order valence-electron chi connectivity index (χ1n) is 5.37. The summed E-state index contributed by atoms with van der Waals surface area (Å²) in [7, 11) is 2.06. The van der Waals surface area contributed by atoms with Crippen LogP contribution in [-0.4, -0.2) is 7.05 Å². The van der Waals surface area contributed by atoms with Crippen molar-refractivity contribution in [2.75, 3.05) is 17.7 Å². The first-order valence-corrected chi connectivity index (χ1v) is 6.63. The Morgan fingerprint density at radius 1 is 1.41 bits per heavy atom. The SMILES string of the molecule is Cc1cc(N)c(Cl)cc1N(C)Cc1cccs1. The monoisotopic (exact) mass is 266 g/mol. The quantitative estimate of drug-likeness (QED) is 0.853. The zero-order valence-corrected chi connectivity index (χ0v) is 11.5. The molecule has 4 heteroatoms. The maximum absolute atomic E-state index is 6.06. The van der Waals surface area contributed by atoms with E-state index in [2.05, 4.69) is 29.5 Å². The molecule has 2 aromatic rings. The molecule has 0 radical (unpaired) electrons. The van der Waals surface area contributed by atoms with Gasteiger partial charge in [0.1, 0.15) is 0 Å². The molecule has 0 atom stereocenters. The third-order valence-corrected chi connectivity index (χ3v) is 3.89. The fraction of sp³-hybridized carbons (Fsp3) is 0.231. The first kappa shape index (κ1) is 12.3. The number of hydrogen-bond donors (Lipinski definition) is 1. The molecule has 0 aliphatic heterocycles. The van der Waals surface area contributed by atoms with Crippen molar-refractivity contribution in [1.29, 1.82) is 0 Å². The van der Waals surface area contributed by atoms with Crippen LogP contribution < -0.4 is 10.6 Å². The highest BCUT2D eigenvalue weighted by molar-refractivity contribution is 7.09. The van der Waals surface area contributed by atoms with Crippen LogP contribution in [0.2, 0.25) is 5.02 Å². The summed E-state index contributed by atoms with van der Waals surface area (Å²) >= 11 is 7.82. The van der Waals surface area contributed by atoms with Gasteiger partial charge in [-0.2, -0.15) is 0 Å². The molecule has 2 N–H and O–H groups in total. The van der Waals surface area contributed by atoms with Gasteiger partial charge in [0.25, 0.3) is 0 Å². The lowest BCUT2D eigenvalue weighted by molar-refractivity contribution is 0.934. The predicted molar refractivity (Wildman–Crippen MR) is 77.0 cm³/mol. The molecule has 1 aromatic heterocycles. The topological polar surface area (TPSA) is 29.3 Å². The lowest BCUT2D eigenvalue weighted by Gasteiger charge is -2.21. The predicted octanol–water partition coefficient (Wildman–Crippen LogP) is 3.93. The number of benzene rings is 1. The Hall–Kier alpha value is -1.19. The van der Waals surface area contributed by atoms with Crippen molar-refractivity contribution in [2.24, 2.45) is 0 Å². The maximum Gasteiger partial charge on any atom is 0.0656 e. The average molecular weight is 267 g/mol. The van der Waals surface area contributed by atoms with Crippen molar-refractivity contribution < 1.29 is 0 Å². The smallest absolute Gasteiger partial charge is 0.0656 e. The Morgan fingerprint density at radius 3 is 2.82 bits per heavy atom. The molecule has 2 rings (SSSR count). The van der Waals surface area contributed by atoms with Gasteiger partial charge in [-0.25, -0.2) is 0 Å². The number of nitrogens with zero attached hydrogens (tertiary/aromatic N) is 1. The molecule has 2 nitrogen and oxygen atoms in total. The van der Waals surface area contributed by atoms with Crippen molar-refractivity contribution in [2.45, 2.75) is 13.5 Å². The summed E-state index contributed by atoms with van der Waals surface area (Å²) in [5.41, 5.74) is 8.68. The summed E-state index contributed by atoms with van der Waals surface area (Å²) in [5.74, 6) is 0. The van der Waals surface area contributed by atoms with Gasteiger partial charge in [0.15, 0.2) is 0 Å². The van der Waals surface area contributed by atoms with E-state index in [1.165, 1.54) is 4.88 Å². The largest absolute Gasteiger partial charge is 0.398 e. The fourth-order valence-corrected chi connectivity index (χ4v) is 2.74. The molecule has 0 saturated carbocycles. The van der Waals surface area contributed by atoms with Crippen LogP contribution in [0, 0.1) is 6.92 Å². The summed E-state index contributed by atoms with van der Waals surface area (Å²) in [6.07, 6.45) is 0. The third-order valence-electron chi connectivity index (χ3n) is 2.70. The van der Waals surface area contributed by atoms with Gasteiger partial charge in [-0.05, 0) is 36.1 Å². The van der Waals surface area contributed by atoms with E-state index < -0.39 is 0 Å². The molecule has 0 unspecified atom stereocenters. The summed E-state index contributed by atoms with van der Waals surface area (Å²) in [6, 6.07) is 8.05. The van der Waals surface area contributed by atoms with E-state index in [0.717, 1.165) is 17.8 Å². The minimum absolute atomic E-state index is 0.614. The van der Waals surface area contributed by atoms with Gasteiger partial charge in [0, 0.05) is 17.6 Å². The number of hydrogen-bond acceptors (Lipinski definition) is 3. The molecule has 1 heterocycles. The van der Waals surface area contributed by atoms with Crippen LogP contribution in [0.1, 0.15) is 10.4 Å². The van der Waals surface area contributed by atoms with E-state index in [4.69, 9.17) is 17.3 Å². The fourth-order valence-electron chi connectivity index (χ4n) is 1.83. The Balaban J connectivity index is 2.24. The second-order valence-corrected chi connectivity index (χ2v) is 5.54. The van der Waals surface area contributed by atoms with Crippen molar-refractivity contribution in [3.8, 4) is 0 Å². The summed E-state index contributed by atoms with van der Waals surface area (Å²) in [6.45, 7) is 2.94. The van der Waals surface area contributed by atoms with Gasteiger partial charge in [-0.15, -0.1) is 11.3 Å². The number of nitrogen functional groups attached to an aromatic ring is 1. The van der Waals surface area contributed by atoms with Gasteiger partial charge in [-0.3, -0.25) is 0 Å². The first-order chi connectivity index (χ1) is 8.08. The summed E-state index contributed by atoms with van der Waals surface area (Å²) in [4.78, 5) is 3.52. The Labute approximate surface area is 111 Å². The van der Waals surface area contributed by atoms with Crippen molar-refractivity contribution in [3.63, 3.8) is 0 Å². The van der Waals surface area contributed by atoms with E-state index in [-0.39, 0.29) is 0 Å². The molecule has 0 amide bonds. The number of anilines is 2. The highest BCUT2D eigenvalue weighted by atomic mass is 35.5. The van der Waals surface area contributed by atoms with Crippen molar-refractivity contribution >= 4 is 34.3 Å². The number of nitrogens with two attached hydrogens (primary N) is 1. The molecule has 0 saturated heterocycles. The molecule has 90 valence electrons. The molecule has 1 aromatic carbocycles. The molecule has 0 bridgehead atoms. The number of rotatable bonds is 3. The second-order valence-electron chi connectivity index (χ2n) is 4.10. The van der Waals surface area contributed by atoms with Gasteiger partial charge in [0.05, 0.1) is 17.3 Å². The Bertz CT molecular complexity index is 508. The number of halogens is 1. The number of thiophene rings is 1. The van der Waals surface area contributed by atoms with Gasteiger partial charge in [-0.1, -0.05) is 17.7 Å². The average Bonchev–Trinajstić information content (AvgIpc) is 2.76. The standard InChI is InChI=1S/C13H15ClN2S/c1-9-6-12(15)11(14)7-13(9)16(2)8-10-4-3-5-17-10/h3-7H,8,15H2,1-2H3. The van der Waals surface area contributed by atoms with E-state index in [9.17, 15) is 0 Å². The molecule has 0 aliphatic carbocycles. The van der Waals surface area contributed by atoms with Crippen LogP contribution in [0.5, 0.6) is 0 Å². The molecule has 17 heavy (non-hydrogen) atoms. The highest BCUT2D eigenvalue weighted by Crippen LogP contribution is 2.29. The second kappa shape index (κ2) is 4.98. The van der Waals surface area contributed by atoms with E-state index >= 15 is 0 Å². The molecule has 0 aliphatic rings. The van der Waals surface area contributed by atoms with Crippen LogP contribution in [0.4, 0.5) is 11.4 Å². The minimum atomic E-state index is 0.614. The van der Waals surface area contributed by atoms with Crippen LogP contribution in [0.15, 0.2) is 29.6 Å². The third kappa shape index (κ3) is 2.73. The summed E-state index contributed by atoms with van der Waals surface area (Å²) in [5, 5.41) is 2.70. The molecular weight excluding hydrogens is 252 g/mol. The lowest BCUT2D eigenvalue weighted by Crippen LogP contribution is -2.16. The van der Waals surface area contributed by atoms with Gasteiger partial charge in [0.2, 0.25) is 0 Å². The maximum atomic E-state index is 6.06. The van der Waals surface area contributed by atoms with E-state index in [1.54, 1.807) is 11.3 Å². The minimum Gasteiger partial charge on any atom is -0.398 e. The van der Waals surface area contributed by atoms with Crippen LogP contribution >= 0.6 is 22.9 Å². The molecule has 0 spiro atoms. The van der Waals surface area contributed by atoms with Crippen LogP contribution in [0.3, 0.4) is 0 Å². The zero-order valence-electron chi connectivity index (χ0n) is 9.90. The Kier molecular flexibility index (Phi) is 3.60. The lowest BCUT2D eigenvalue weighted by atomic mass is 10.1. The zero-order chi connectivity index (χ0) is 12.4. The summed E-state index contributed by atoms with van der Waals surface area (Å²) < 4.78 is 0. The molecule has 0 fully saturated rings. The van der Waals surface area contributed by atoms with Crippen molar-refractivity contribution in [1.82, 2.24) is 0 Å². The normalized spacial score (nSPS) is 10.5. The van der Waals surface area contributed by atoms with Crippen molar-refractivity contribution in [3.05, 3.63) is 45.1 Å².